The van der Waals surface area contributed by atoms with Crippen molar-refractivity contribution >= 4 is 21.5 Å². The summed E-state index contributed by atoms with van der Waals surface area (Å²) in [6.45, 7) is 1.89. The summed E-state index contributed by atoms with van der Waals surface area (Å²) in [5.41, 5.74) is -0.231. The van der Waals surface area contributed by atoms with E-state index in [2.05, 4.69) is 19.8 Å². The van der Waals surface area contributed by atoms with Crippen molar-refractivity contribution in [3.8, 4) is 11.3 Å². The maximum Gasteiger partial charge on any atom is 0.419 e. The average Bonchev–Trinajstić information content (AvgIpc) is 3.28. The van der Waals surface area contributed by atoms with Crippen molar-refractivity contribution in [2.24, 2.45) is 0 Å². The van der Waals surface area contributed by atoms with Crippen molar-refractivity contribution in [2.75, 3.05) is 22.7 Å². The van der Waals surface area contributed by atoms with Crippen LogP contribution in [-0.2, 0) is 16.2 Å². The molecule has 1 aliphatic heterocycles. The highest BCUT2D eigenvalue weighted by atomic mass is 32.2. The third kappa shape index (κ3) is 4.67. The fraction of sp³-hybridized carbons (Fsp3) is 0.238. The first kappa shape index (κ1) is 22.0. The SMILES string of the molecule is O=S(=O)(Nc1ccc(-c2ccc(N3CCCC3)nn2)cc1)c1ccc(F)c(C(F)(F)F)c1. The highest BCUT2D eigenvalue weighted by molar-refractivity contribution is 7.92. The molecule has 2 aromatic carbocycles. The summed E-state index contributed by atoms with van der Waals surface area (Å²) in [6.07, 6.45) is -2.77. The number of alkyl halides is 3. The molecule has 1 fully saturated rings. The van der Waals surface area contributed by atoms with E-state index < -0.39 is 32.5 Å². The van der Waals surface area contributed by atoms with Crippen molar-refractivity contribution in [2.45, 2.75) is 23.9 Å². The van der Waals surface area contributed by atoms with Crippen LogP contribution < -0.4 is 9.62 Å². The molecule has 11 heteroatoms. The first-order valence-corrected chi connectivity index (χ1v) is 11.2. The molecular weight excluding hydrogens is 448 g/mol. The molecule has 2 heterocycles. The van der Waals surface area contributed by atoms with Crippen LogP contribution in [-0.4, -0.2) is 31.7 Å². The van der Waals surface area contributed by atoms with Gasteiger partial charge in [0.25, 0.3) is 10.0 Å². The molecule has 0 radical (unpaired) electrons. The summed E-state index contributed by atoms with van der Waals surface area (Å²) in [5, 5.41) is 8.45. The fourth-order valence-corrected chi connectivity index (χ4v) is 4.49. The second kappa shape index (κ2) is 8.38. The van der Waals surface area contributed by atoms with Gasteiger partial charge in [0.1, 0.15) is 5.82 Å². The molecular formula is C21H18F4N4O2S. The van der Waals surface area contributed by atoms with Gasteiger partial charge in [0.05, 0.1) is 16.2 Å². The Morgan fingerprint density at radius 3 is 2.19 bits per heavy atom. The molecule has 1 aromatic heterocycles. The number of aromatic nitrogens is 2. The van der Waals surface area contributed by atoms with Gasteiger partial charge in [0.2, 0.25) is 0 Å². The zero-order valence-electron chi connectivity index (χ0n) is 16.6. The molecule has 0 spiro atoms. The van der Waals surface area contributed by atoms with Crippen LogP contribution in [0.15, 0.2) is 59.5 Å². The minimum absolute atomic E-state index is 0.133. The molecule has 0 bridgehead atoms. The Balaban J connectivity index is 1.51. The average molecular weight is 466 g/mol. The predicted octanol–water partition coefficient (Wildman–Crippen LogP) is 4.70. The molecule has 6 nitrogen and oxygen atoms in total. The lowest BCUT2D eigenvalue weighted by atomic mass is 10.1. The monoisotopic (exact) mass is 466 g/mol. The largest absolute Gasteiger partial charge is 0.419 e. The summed E-state index contributed by atoms with van der Waals surface area (Å²) in [7, 11) is -4.36. The van der Waals surface area contributed by atoms with Gasteiger partial charge in [0.15, 0.2) is 5.82 Å². The zero-order valence-corrected chi connectivity index (χ0v) is 17.4. The van der Waals surface area contributed by atoms with E-state index in [1.165, 1.54) is 12.1 Å². The minimum atomic E-state index is -5.01. The topological polar surface area (TPSA) is 75.2 Å². The van der Waals surface area contributed by atoms with Gasteiger partial charge in [-0.15, -0.1) is 10.2 Å². The Hall–Kier alpha value is -3.21. The van der Waals surface area contributed by atoms with E-state index in [4.69, 9.17) is 0 Å². The Morgan fingerprint density at radius 1 is 0.906 bits per heavy atom. The number of anilines is 2. The molecule has 168 valence electrons. The molecule has 32 heavy (non-hydrogen) atoms. The maximum atomic E-state index is 13.5. The van der Waals surface area contributed by atoms with E-state index >= 15 is 0 Å². The highest BCUT2D eigenvalue weighted by Crippen LogP contribution is 2.33. The molecule has 3 aromatic rings. The van der Waals surface area contributed by atoms with Gasteiger partial charge in [-0.3, -0.25) is 4.72 Å². The number of halogens is 4. The van der Waals surface area contributed by atoms with E-state index in [0.29, 0.717) is 17.3 Å². The van der Waals surface area contributed by atoms with Crippen LogP contribution in [0.5, 0.6) is 0 Å². The van der Waals surface area contributed by atoms with Crippen LogP contribution in [0.1, 0.15) is 18.4 Å². The second-order valence-electron chi connectivity index (χ2n) is 7.29. The van der Waals surface area contributed by atoms with Crippen LogP contribution in [0.3, 0.4) is 0 Å². The van der Waals surface area contributed by atoms with Crippen molar-refractivity contribution < 1.29 is 26.0 Å². The number of nitrogens with zero attached hydrogens (tertiary/aromatic N) is 3. The summed E-state index contributed by atoms with van der Waals surface area (Å²) in [6, 6.07) is 11.3. The summed E-state index contributed by atoms with van der Waals surface area (Å²) in [5.74, 6) is -0.745. The number of nitrogens with one attached hydrogen (secondary N) is 1. The van der Waals surface area contributed by atoms with Crippen molar-refractivity contribution in [1.29, 1.82) is 0 Å². The minimum Gasteiger partial charge on any atom is -0.355 e. The molecule has 0 saturated carbocycles. The van der Waals surface area contributed by atoms with E-state index in [-0.39, 0.29) is 11.8 Å². The number of hydrogen-bond donors (Lipinski definition) is 1. The predicted molar refractivity (Wildman–Crippen MR) is 111 cm³/mol. The Bertz CT molecular complexity index is 1210. The standard InChI is InChI=1S/C21H18F4N4O2S/c22-18-8-7-16(13-17(18)21(23,24)25)32(30,31)28-15-5-3-14(4-6-15)19-9-10-20(27-26-19)29-11-1-2-12-29/h3-10,13,28H,1-2,11-12H2. The van der Waals surface area contributed by atoms with Crippen LogP contribution >= 0.6 is 0 Å². The highest BCUT2D eigenvalue weighted by Gasteiger charge is 2.35. The molecule has 0 aliphatic carbocycles. The number of sulfonamides is 1. The lowest BCUT2D eigenvalue weighted by Crippen LogP contribution is -2.19. The van der Waals surface area contributed by atoms with Crippen molar-refractivity contribution in [3.05, 3.63) is 66.0 Å². The van der Waals surface area contributed by atoms with Crippen LogP contribution in [0.25, 0.3) is 11.3 Å². The van der Waals surface area contributed by atoms with E-state index in [1.54, 1.807) is 12.1 Å². The molecule has 0 amide bonds. The smallest absolute Gasteiger partial charge is 0.355 e. The van der Waals surface area contributed by atoms with Crippen molar-refractivity contribution in [1.82, 2.24) is 10.2 Å². The third-order valence-electron chi connectivity index (χ3n) is 5.07. The Kier molecular flexibility index (Phi) is 5.76. The van der Waals surface area contributed by atoms with E-state index in [1.807, 2.05) is 12.1 Å². The molecule has 0 unspecified atom stereocenters. The van der Waals surface area contributed by atoms with Gasteiger partial charge in [-0.05, 0) is 55.3 Å². The zero-order chi connectivity index (χ0) is 22.9. The second-order valence-corrected chi connectivity index (χ2v) is 8.98. The summed E-state index contributed by atoms with van der Waals surface area (Å²) < 4.78 is 79.3. The van der Waals surface area contributed by atoms with E-state index in [9.17, 15) is 26.0 Å². The lowest BCUT2D eigenvalue weighted by molar-refractivity contribution is -0.140. The van der Waals surface area contributed by atoms with Gasteiger partial charge >= 0.3 is 6.18 Å². The van der Waals surface area contributed by atoms with Gasteiger partial charge in [-0.2, -0.15) is 13.2 Å². The van der Waals surface area contributed by atoms with Crippen molar-refractivity contribution in [3.63, 3.8) is 0 Å². The van der Waals surface area contributed by atoms with Crippen LogP contribution in [0.4, 0.5) is 29.1 Å². The first-order valence-electron chi connectivity index (χ1n) is 9.72. The van der Waals surface area contributed by atoms with Crippen LogP contribution in [0.2, 0.25) is 0 Å². The molecule has 1 saturated heterocycles. The van der Waals surface area contributed by atoms with E-state index in [0.717, 1.165) is 37.8 Å². The number of hydrogen-bond acceptors (Lipinski definition) is 5. The third-order valence-corrected chi connectivity index (χ3v) is 6.45. The molecule has 1 N–H and O–H groups in total. The fourth-order valence-electron chi connectivity index (χ4n) is 3.41. The maximum absolute atomic E-state index is 13.5. The molecule has 1 aliphatic rings. The van der Waals surface area contributed by atoms with Crippen LogP contribution in [0, 0.1) is 5.82 Å². The lowest BCUT2D eigenvalue weighted by Gasteiger charge is -2.15. The summed E-state index contributed by atoms with van der Waals surface area (Å²) >= 11 is 0. The Morgan fingerprint density at radius 2 is 1.59 bits per heavy atom. The van der Waals surface area contributed by atoms with Gasteiger partial charge in [-0.1, -0.05) is 12.1 Å². The van der Waals surface area contributed by atoms with Gasteiger partial charge < -0.3 is 4.90 Å². The molecule has 0 atom stereocenters. The summed E-state index contributed by atoms with van der Waals surface area (Å²) in [4.78, 5) is 1.45. The number of benzene rings is 2. The van der Waals surface area contributed by atoms with Gasteiger partial charge in [0, 0.05) is 24.3 Å². The number of rotatable bonds is 5. The first-order chi connectivity index (χ1) is 15.1. The molecule has 4 rings (SSSR count). The normalized spacial score (nSPS) is 14.6. The Labute approximate surface area is 182 Å². The van der Waals surface area contributed by atoms with Gasteiger partial charge in [-0.25, -0.2) is 12.8 Å². The quantitative estimate of drug-likeness (QED) is 0.552.